The van der Waals surface area contributed by atoms with Crippen molar-refractivity contribution in [2.75, 3.05) is 5.73 Å². The molecule has 4 N–H and O–H groups in total. The number of benzene rings is 2. The first-order valence-corrected chi connectivity index (χ1v) is 12.6. The Morgan fingerprint density at radius 1 is 1.16 bits per heavy atom. The Hall–Kier alpha value is -3.72. The second-order valence-corrected chi connectivity index (χ2v) is 9.97. The molecule has 0 aliphatic heterocycles. The molecule has 0 unspecified atom stereocenters. The van der Waals surface area contributed by atoms with Gasteiger partial charge in [-0.1, -0.05) is 26.0 Å². The Morgan fingerprint density at radius 3 is 2.51 bits per heavy atom. The summed E-state index contributed by atoms with van der Waals surface area (Å²) < 4.78 is 20.8. The number of carbonyl (C=O) groups excluding carboxylic acids is 1. The van der Waals surface area contributed by atoms with Crippen LogP contribution in [-0.4, -0.2) is 44.8 Å². The van der Waals surface area contributed by atoms with Gasteiger partial charge in [0.15, 0.2) is 5.78 Å². The van der Waals surface area contributed by atoms with Crippen LogP contribution >= 0.6 is 0 Å². The van der Waals surface area contributed by atoms with Crippen LogP contribution in [0.2, 0.25) is 0 Å². The quantitative estimate of drug-likeness (QED) is 0.342. The molecule has 8 nitrogen and oxygen atoms in total. The van der Waals surface area contributed by atoms with Gasteiger partial charge in [-0.15, -0.1) is 0 Å². The van der Waals surface area contributed by atoms with Crippen LogP contribution in [0.3, 0.4) is 0 Å². The van der Waals surface area contributed by atoms with Crippen LogP contribution in [0.1, 0.15) is 61.9 Å². The first-order valence-electron chi connectivity index (χ1n) is 12.6. The number of nitrogens with one attached hydrogen (secondary N) is 1. The highest BCUT2D eigenvalue weighted by molar-refractivity contribution is 6.11. The van der Waals surface area contributed by atoms with E-state index < -0.39 is 12.0 Å². The molecule has 3 aromatic rings. The summed E-state index contributed by atoms with van der Waals surface area (Å²) in [6, 6.07) is 12.3. The van der Waals surface area contributed by atoms with Crippen molar-refractivity contribution in [1.29, 1.82) is 0 Å². The van der Waals surface area contributed by atoms with Gasteiger partial charge in [0.2, 0.25) is 0 Å². The maximum absolute atomic E-state index is 13.3. The summed E-state index contributed by atoms with van der Waals surface area (Å²) in [6.07, 6.45) is 5.23. The number of nitrogens with zero attached hydrogens (tertiary/aromatic N) is 2. The number of ketones is 1. The number of nitrogen functional groups attached to an aromatic ring is 1. The van der Waals surface area contributed by atoms with Crippen LogP contribution in [0.4, 0.5) is 10.2 Å². The number of halogens is 1. The van der Waals surface area contributed by atoms with Gasteiger partial charge in [0.05, 0.1) is 23.6 Å². The zero-order valence-corrected chi connectivity index (χ0v) is 21.1. The molecule has 0 bridgehead atoms. The van der Waals surface area contributed by atoms with Crippen molar-refractivity contribution in [3.8, 4) is 11.4 Å². The number of aliphatic carboxylic acids is 1. The largest absolute Gasteiger partial charge is 0.490 e. The molecule has 1 aliphatic rings. The topological polar surface area (TPSA) is 119 Å². The highest BCUT2D eigenvalue weighted by Gasteiger charge is 2.27. The molecular weight excluding hydrogens is 475 g/mol. The summed E-state index contributed by atoms with van der Waals surface area (Å²) in [5, 5.41) is 17.0. The van der Waals surface area contributed by atoms with Crippen molar-refractivity contribution < 1.29 is 23.8 Å². The number of hydrogen-bond acceptors (Lipinski definition) is 6. The Labute approximate surface area is 215 Å². The zero-order chi connectivity index (χ0) is 26.5. The van der Waals surface area contributed by atoms with Crippen molar-refractivity contribution in [2.45, 2.75) is 64.1 Å². The average molecular weight is 509 g/mol. The lowest BCUT2D eigenvalue weighted by atomic mass is 9.91. The van der Waals surface area contributed by atoms with Gasteiger partial charge in [-0.3, -0.25) is 9.59 Å². The van der Waals surface area contributed by atoms with Crippen LogP contribution < -0.4 is 15.8 Å². The third-order valence-corrected chi connectivity index (χ3v) is 6.64. The first kappa shape index (κ1) is 26.3. The van der Waals surface area contributed by atoms with Gasteiger partial charge in [-0.25, -0.2) is 9.07 Å². The van der Waals surface area contributed by atoms with Crippen LogP contribution in [0, 0.1) is 11.7 Å². The minimum Gasteiger partial charge on any atom is -0.490 e. The predicted octanol–water partition coefficient (Wildman–Crippen LogP) is 4.60. The average Bonchev–Trinajstić information content (AvgIpc) is 3.25. The van der Waals surface area contributed by atoms with Gasteiger partial charge in [0.1, 0.15) is 23.4 Å². The molecule has 9 heteroatoms. The van der Waals surface area contributed by atoms with E-state index in [1.54, 1.807) is 18.2 Å². The molecule has 1 saturated carbocycles. The lowest BCUT2D eigenvalue weighted by molar-refractivity contribution is -0.140. The van der Waals surface area contributed by atoms with E-state index in [0.29, 0.717) is 29.3 Å². The highest BCUT2D eigenvalue weighted by Crippen LogP contribution is 2.27. The zero-order valence-electron chi connectivity index (χ0n) is 21.1. The molecule has 1 aliphatic carbocycles. The number of nitrogens with two attached hydrogens (primary N) is 1. The summed E-state index contributed by atoms with van der Waals surface area (Å²) in [5.41, 5.74) is 7.44. The monoisotopic (exact) mass is 508 g/mol. The van der Waals surface area contributed by atoms with Crippen LogP contribution in [0.15, 0.2) is 54.7 Å². The van der Waals surface area contributed by atoms with Crippen molar-refractivity contribution >= 4 is 17.6 Å². The molecule has 37 heavy (non-hydrogen) atoms. The SMILES string of the molecule is CC(C)C[C@H](NC1CCC(Oc2cccc(C(=O)c3cnn(-c4ccc(F)cc4)c3N)c2)CC1)C(=O)O. The van der Waals surface area contributed by atoms with Gasteiger partial charge < -0.3 is 20.9 Å². The lowest BCUT2D eigenvalue weighted by Crippen LogP contribution is -2.46. The van der Waals surface area contributed by atoms with E-state index in [1.807, 2.05) is 19.9 Å². The second-order valence-electron chi connectivity index (χ2n) is 9.97. The highest BCUT2D eigenvalue weighted by atomic mass is 19.1. The van der Waals surface area contributed by atoms with Crippen LogP contribution in [0.5, 0.6) is 5.75 Å². The second kappa shape index (κ2) is 11.6. The van der Waals surface area contributed by atoms with Gasteiger partial charge in [-0.2, -0.15) is 5.10 Å². The fourth-order valence-corrected chi connectivity index (χ4v) is 4.72. The third kappa shape index (κ3) is 6.54. The Balaban J connectivity index is 1.37. The number of carbonyl (C=O) groups is 2. The fourth-order valence-electron chi connectivity index (χ4n) is 4.72. The minimum absolute atomic E-state index is 0.0110. The number of carboxylic acids is 1. The molecule has 2 aromatic carbocycles. The molecule has 0 saturated heterocycles. The maximum Gasteiger partial charge on any atom is 0.320 e. The molecule has 1 atom stereocenters. The molecular formula is C28H33FN4O4. The predicted molar refractivity (Wildman–Crippen MR) is 138 cm³/mol. The Kier molecular flexibility index (Phi) is 8.23. The molecule has 0 amide bonds. The number of aromatic nitrogens is 2. The van der Waals surface area contributed by atoms with E-state index in [0.717, 1.165) is 25.7 Å². The van der Waals surface area contributed by atoms with Crippen LogP contribution in [-0.2, 0) is 4.79 Å². The van der Waals surface area contributed by atoms with Gasteiger partial charge in [0, 0.05) is 11.6 Å². The fraction of sp³-hybridized carbons (Fsp3) is 0.393. The van der Waals surface area contributed by atoms with Crippen molar-refractivity contribution in [3.05, 3.63) is 71.7 Å². The molecule has 1 heterocycles. The summed E-state index contributed by atoms with van der Waals surface area (Å²) in [6.45, 7) is 4.04. The van der Waals surface area contributed by atoms with E-state index in [-0.39, 0.29) is 35.1 Å². The standard InChI is InChI=1S/C28H33FN4O4/c1-17(2)14-25(28(35)36)32-20-8-12-22(13-9-20)37-23-5-3-4-18(15-23)26(34)24-16-31-33(27(24)30)21-10-6-19(29)7-11-21/h3-7,10-11,15-17,20,22,25,32H,8-9,12-14,30H2,1-2H3,(H,35,36)/t20?,22?,25-/m0/s1. The number of rotatable bonds is 10. The van der Waals surface area contributed by atoms with Crippen molar-refractivity contribution in [3.63, 3.8) is 0 Å². The maximum atomic E-state index is 13.3. The van der Waals surface area contributed by atoms with E-state index in [9.17, 15) is 19.1 Å². The van der Waals surface area contributed by atoms with Crippen LogP contribution in [0.25, 0.3) is 5.69 Å². The number of ether oxygens (including phenoxy) is 1. The smallest absolute Gasteiger partial charge is 0.320 e. The van der Waals surface area contributed by atoms with Crippen molar-refractivity contribution in [1.82, 2.24) is 15.1 Å². The lowest BCUT2D eigenvalue weighted by Gasteiger charge is -2.31. The van der Waals surface area contributed by atoms with E-state index in [1.165, 1.54) is 35.1 Å². The summed E-state index contributed by atoms with van der Waals surface area (Å²) >= 11 is 0. The number of carboxylic acid groups (broad SMARTS) is 1. The summed E-state index contributed by atoms with van der Waals surface area (Å²) in [4.78, 5) is 24.8. The van der Waals surface area contributed by atoms with E-state index in [4.69, 9.17) is 10.5 Å². The minimum atomic E-state index is -0.808. The molecule has 1 aromatic heterocycles. The van der Waals surface area contributed by atoms with Crippen molar-refractivity contribution in [2.24, 2.45) is 5.92 Å². The summed E-state index contributed by atoms with van der Waals surface area (Å²) in [5.74, 6) is -0.397. The molecule has 1 fully saturated rings. The summed E-state index contributed by atoms with van der Waals surface area (Å²) in [7, 11) is 0. The Morgan fingerprint density at radius 2 is 1.86 bits per heavy atom. The van der Waals surface area contributed by atoms with E-state index in [2.05, 4.69) is 10.4 Å². The number of hydrogen-bond donors (Lipinski definition) is 3. The first-order chi connectivity index (χ1) is 17.7. The normalized spacial score (nSPS) is 18.5. The van der Waals surface area contributed by atoms with Gasteiger partial charge >= 0.3 is 5.97 Å². The van der Waals surface area contributed by atoms with E-state index >= 15 is 0 Å². The molecule has 0 spiro atoms. The number of anilines is 1. The Bertz CT molecular complexity index is 1230. The van der Waals surface area contributed by atoms with Gasteiger partial charge in [-0.05, 0) is 74.4 Å². The van der Waals surface area contributed by atoms with Gasteiger partial charge in [0.25, 0.3) is 0 Å². The molecule has 4 rings (SSSR count). The third-order valence-electron chi connectivity index (χ3n) is 6.64. The molecule has 0 radical (unpaired) electrons. The molecule has 196 valence electrons.